The van der Waals surface area contributed by atoms with Crippen LogP contribution in [0.15, 0.2) is 34.2 Å². The Morgan fingerprint density at radius 1 is 1.36 bits per heavy atom. The number of thioether (sulfide) groups is 1. The average molecular weight is 367 g/mol. The summed E-state index contributed by atoms with van der Waals surface area (Å²) in [7, 11) is 1.80. The smallest absolute Gasteiger partial charge is 0.262 e. The number of hydrogen-bond acceptors (Lipinski definition) is 5. The highest BCUT2D eigenvalue weighted by Crippen LogP contribution is 2.34. The summed E-state index contributed by atoms with van der Waals surface area (Å²) in [5, 5.41) is 10.6. The standard InChI is InChI=1S/C19H17N3OS2/c1-22-18(23)16-14-7-2-3-8-15(14)25-17(16)21-19(22)24-11-13-6-4-5-12(9-13)10-20/h4-6,9H,2-3,7-8,11H2,1H3. The molecule has 4 rings (SSSR count). The number of aromatic nitrogens is 2. The molecule has 1 aromatic carbocycles. The highest BCUT2D eigenvalue weighted by molar-refractivity contribution is 7.98. The monoisotopic (exact) mass is 367 g/mol. The maximum Gasteiger partial charge on any atom is 0.262 e. The Hall–Kier alpha value is -2.10. The lowest BCUT2D eigenvalue weighted by Crippen LogP contribution is -2.20. The van der Waals surface area contributed by atoms with Gasteiger partial charge in [-0.2, -0.15) is 5.26 Å². The van der Waals surface area contributed by atoms with Crippen molar-refractivity contribution in [2.45, 2.75) is 36.6 Å². The SMILES string of the molecule is Cn1c(SCc2cccc(C#N)c2)nc2sc3c(c2c1=O)CCCC3. The number of benzene rings is 1. The predicted molar refractivity (Wildman–Crippen MR) is 102 cm³/mol. The molecule has 0 saturated carbocycles. The van der Waals surface area contributed by atoms with E-state index in [2.05, 4.69) is 6.07 Å². The van der Waals surface area contributed by atoms with E-state index in [4.69, 9.17) is 10.2 Å². The molecule has 0 spiro atoms. The molecule has 0 atom stereocenters. The molecule has 0 bridgehead atoms. The van der Waals surface area contributed by atoms with Gasteiger partial charge >= 0.3 is 0 Å². The van der Waals surface area contributed by atoms with E-state index in [0.717, 1.165) is 40.2 Å². The molecule has 2 heterocycles. The van der Waals surface area contributed by atoms with Crippen LogP contribution in [0.1, 0.15) is 34.4 Å². The first kappa shape index (κ1) is 16.4. The molecule has 0 aliphatic heterocycles. The van der Waals surface area contributed by atoms with Crippen molar-refractivity contribution in [1.29, 1.82) is 5.26 Å². The Balaban J connectivity index is 1.69. The third-order valence-electron chi connectivity index (χ3n) is 4.58. The quantitative estimate of drug-likeness (QED) is 0.518. The third-order valence-corrected chi connectivity index (χ3v) is 6.87. The zero-order valence-electron chi connectivity index (χ0n) is 13.9. The van der Waals surface area contributed by atoms with Gasteiger partial charge in [0.05, 0.1) is 17.0 Å². The van der Waals surface area contributed by atoms with Crippen molar-refractivity contribution < 1.29 is 0 Å². The molecule has 0 amide bonds. The molecule has 0 fully saturated rings. The number of nitriles is 1. The van der Waals surface area contributed by atoms with Crippen LogP contribution in [-0.4, -0.2) is 9.55 Å². The van der Waals surface area contributed by atoms with Gasteiger partial charge in [-0.1, -0.05) is 23.9 Å². The Labute approximate surface area is 154 Å². The fourth-order valence-electron chi connectivity index (χ4n) is 3.27. The van der Waals surface area contributed by atoms with Crippen LogP contribution in [-0.2, 0) is 25.6 Å². The largest absolute Gasteiger partial charge is 0.290 e. The van der Waals surface area contributed by atoms with Crippen LogP contribution >= 0.6 is 23.1 Å². The fraction of sp³-hybridized carbons (Fsp3) is 0.316. The van der Waals surface area contributed by atoms with E-state index in [1.807, 2.05) is 18.2 Å². The number of fused-ring (bicyclic) bond motifs is 3. The first-order valence-corrected chi connectivity index (χ1v) is 10.1. The lowest BCUT2D eigenvalue weighted by atomic mass is 9.97. The van der Waals surface area contributed by atoms with Crippen molar-refractivity contribution in [3.05, 3.63) is 56.2 Å². The second kappa shape index (κ2) is 6.66. The zero-order chi connectivity index (χ0) is 17.4. The predicted octanol–water partition coefficient (Wildman–Crippen LogP) is 4.04. The fourth-order valence-corrected chi connectivity index (χ4v) is 5.49. The van der Waals surface area contributed by atoms with Crippen LogP contribution in [0, 0.1) is 11.3 Å². The molecule has 2 aromatic heterocycles. The van der Waals surface area contributed by atoms with Gasteiger partial charge in [0.15, 0.2) is 5.16 Å². The molecule has 0 saturated heterocycles. The maximum absolute atomic E-state index is 12.9. The topological polar surface area (TPSA) is 58.7 Å². The summed E-state index contributed by atoms with van der Waals surface area (Å²) in [6, 6.07) is 9.72. The van der Waals surface area contributed by atoms with Crippen LogP contribution in [0.25, 0.3) is 10.2 Å². The highest BCUT2D eigenvalue weighted by atomic mass is 32.2. The molecule has 4 nitrogen and oxygen atoms in total. The molecule has 0 unspecified atom stereocenters. The molecular weight excluding hydrogens is 350 g/mol. The molecule has 1 aliphatic carbocycles. The summed E-state index contributed by atoms with van der Waals surface area (Å²) in [6.45, 7) is 0. The maximum atomic E-state index is 12.9. The van der Waals surface area contributed by atoms with Crippen LogP contribution in [0.4, 0.5) is 0 Å². The first-order valence-electron chi connectivity index (χ1n) is 8.30. The number of thiophene rings is 1. The van der Waals surface area contributed by atoms with Crippen LogP contribution < -0.4 is 5.56 Å². The van der Waals surface area contributed by atoms with Gasteiger partial charge in [0, 0.05) is 17.7 Å². The molecule has 126 valence electrons. The molecule has 0 N–H and O–H groups in total. The van der Waals surface area contributed by atoms with Gasteiger partial charge in [0.1, 0.15) is 4.83 Å². The van der Waals surface area contributed by atoms with Gasteiger partial charge in [-0.25, -0.2) is 4.98 Å². The summed E-state index contributed by atoms with van der Waals surface area (Å²) < 4.78 is 1.67. The molecule has 0 radical (unpaired) electrons. The van der Waals surface area contributed by atoms with Crippen molar-refractivity contribution in [3.8, 4) is 6.07 Å². The van der Waals surface area contributed by atoms with E-state index < -0.39 is 0 Å². The van der Waals surface area contributed by atoms with Crippen LogP contribution in [0.5, 0.6) is 0 Å². The van der Waals surface area contributed by atoms with Crippen LogP contribution in [0.3, 0.4) is 0 Å². The van der Waals surface area contributed by atoms with Crippen LogP contribution in [0.2, 0.25) is 0 Å². The van der Waals surface area contributed by atoms with Crippen molar-refractivity contribution in [2.24, 2.45) is 7.05 Å². The van der Waals surface area contributed by atoms with E-state index in [0.29, 0.717) is 11.3 Å². The highest BCUT2D eigenvalue weighted by Gasteiger charge is 2.21. The number of hydrogen-bond donors (Lipinski definition) is 0. The summed E-state index contributed by atoms with van der Waals surface area (Å²) in [4.78, 5) is 19.9. The lowest BCUT2D eigenvalue weighted by Gasteiger charge is -2.11. The van der Waals surface area contributed by atoms with Crippen molar-refractivity contribution >= 4 is 33.3 Å². The minimum atomic E-state index is 0.0673. The van der Waals surface area contributed by atoms with Crippen molar-refractivity contribution in [1.82, 2.24) is 9.55 Å². The lowest BCUT2D eigenvalue weighted by molar-refractivity contribution is 0.695. The first-order chi connectivity index (χ1) is 12.2. The summed E-state index contributed by atoms with van der Waals surface area (Å²) in [5.74, 6) is 0.687. The molecule has 25 heavy (non-hydrogen) atoms. The Morgan fingerprint density at radius 3 is 3.04 bits per heavy atom. The van der Waals surface area contributed by atoms with Gasteiger partial charge in [0.25, 0.3) is 5.56 Å². The Bertz CT molecular complexity index is 1060. The van der Waals surface area contributed by atoms with Gasteiger partial charge < -0.3 is 0 Å². The Morgan fingerprint density at radius 2 is 2.20 bits per heavy atom. The molecular formula is C19H17N3OS2. The molecule has 3 aromatic rings. The second-order valence-electron chi connectivity index (χ2n) is 6.25. The number of aryl methyl sites for hydroxylation is 2. The van der Waals surface area contributed by atoms with E-state index in [1.54, 1.807) is 40.8 Å². The minimum absolute atomic E-state index is 0.0673. The Kier molecular flexibility index (Phi) is 4.36. The summed E-state index contributed by atoms with van der Waals surface area (Å²) in [6.07, 6.45) is 4.44. The van der Waals surface area contributed by atoms with Crippen molar-refractivity contribution in [3.63, 3.8) is 0 Å². The third kappa shape index (κ3) is 2.99. The van der Waals surface area contributed by atoms with E-state index in [-0.39, 0.29) is 5.56 Å². The van der Waals surface area contributed by atoms with Crippen molar-refractivity contribution in [2.75, 3.05) is 0 Å². The van der Waals surface area contributed by atoms with E-state index in [9.17, 15) is 4.79 Å². The molecule has 6 heteroatoms. The van der Waals surface area contributed by atoms with Gasteiger partial charge in [-0.05, 0) is 48.9 Å². The number of rotatable bonds is 3. The van der Waals surface area contributed by atoms with Gasteiger partial charge in [-0.15, -0.1) is 11.3 Å². The summed E-state index contributed by atoms with van der Waals surface area (Å²) in [5.41, 5.74) is 3.01. The zero-order valence-corrected chi connectivity index (χ0v) is 15.5. The van der Waals surface area contributed by atoms with Gasteiger partial charge in [-0.3, -0.25) is 9.36 Å². The van der Waals surface area contributed by atoms with Gasteiger partial charge in [0.2, 0.25) is 0 Å². The average Bonchev–Trinajstić information content (AvgIpc) is 3.02. The molecule has 1 aliphatic rings. The minimum Gasteiger partial charge on any atom is -0.290 e. The van der Waals surface area contributed by atoms with E-state index in [1.165, 1.54) is 16.9 Å². The van der Waals surface area contributed by atoms with E-state index >= 15 is 0 Å². The number of nitrogens with zero attached hydrogens (tertiary/aromatic N) is 3. The summed E-state index contributed by atoms with van der Waals surface area (Å²) >= 11 is 3.23. The second-order valence-corrected chi connectivity index (χ2v) is 8.28. The normalized spacial score (nSPS) is 13.6.